The number of rotatable bonds is 4. The summed E-state index contributed by atoms with van der Waals surface area (Å²) in [6.45, 7) is 7.49. The topological polar surface area (TPSA) is 93.8 Å². The van der Waals surface area contributed by atoms with E-state index in [-0.39, 0.29) is 18.3 Å². The van der Waals surface area contributed by atoms with Crippen LogP contribution in [0.2, 0.25) is 0 Å². The highest BCUT2D eigenvalue weighted by Crippen LogP contribution is 2.28. The first-order chi connectivity index (χ1) is 9.23. The predicted molar refractivity (Wildman–Crippen MR) is 76.5 cm³/mol. The van der Waals surface area contributed by atoms with E-state index in [0.29, 0.717) is 11.3 Å². The molecule has 0 aliphatic heterocycles. The molecule has 0 aliphatic carbocycles. The van der Waals surface area contributed by atoms with Gasteiger partial charge in [0.05, 0.1) is 6.61 Å². The lowest BCUT2D eigenvalue weighted by molar-refractivity contribution is 0.0636. The van der Waals surface area contributed by atoms with Gasteiger partial charge in [0.25, 0.3) is 0 Å². The van der Waals surface area contributed by atoms with Gasteiger partial charge in [-0.05, 0) is 39.0 Å². The van der Waals surface area contributed by atoms with Crippen LogP contribution in [0.4, 0.5) is 10.5 Å². The van der Waals surface area contributed by atoms with Crippen LogP contribution < -0.4 is 11.2 Å². The number of carbonyl (C=O) groups excluding carboxylic acids is 1. The summed E-state index contributed by atoms with van der Waals surface area (Å²) < 4.78 is 5.16. The van der Waals surface area contributed by atoms with Crippen molar-refractivity contribution in [3.63, 3.8) is 0 Å². The fraction of sp³-hybridized carbons (Fsp3) is 0.500. The summed E-state index contributed by atoms with van der Waals surface area (Å²) in [7, 11) is 0. The van der Waals surface area contributed by atoms with Gasteiger partial charge in [0.2, 0.25) is 0 Å². The minimum atomic E-state index is -0.565. The smallest absolute Gasteiger partial charge is 0.412 e. The van der Waals surface area contributed by atoms with Gasteiger partial charge in [0.15, 0.2) is 0 Å². The molecule has 1 aromatic carbocycles. The molecule has 112 valence electrons. The Hall–Kier alpha value is -1.79. The maximum absolute atomic E-state index is 11.7. The van der Waals surface area contributed by atoms with Crippen LogP contribution in [-0.4, -0.2) is 23.4 Å². The number of nitrogens with two attached hydrogens (primary N) is 1. The molecule has 1 rings (SSSR count). The maximum Gasteiger partial charge on any atom is 0.412 e. The molecule has 1 unspecified atom stereocenters. The molecule has 1 atom stereocenters. The zero-order valence-electron chi connectivity index (χ0n) is 12.3. The van der Waals surface area contributed by atoms with Gasteiger partial charge in [-0.25, -0.2) is 10.7 Å². The van der Waals surface area contributed by atoms with Crippen LogP contribution in [0.3, 0.4) is 0 Å². The molecule has 0 aliphatic rings. The molecule has 6 nitrogen and oxygen atoms in total. The van der Waals surface area contributed by atoms with E-state index >= 15 is 0 Å². The van der Waals surface area contributed by atoms with Crippen molar-refractivity contribution in [2.24, 2.45) is 5.90 Å². The Morgan fingerprint density at radius 2 is 2.10 bits per heavy atom. The monoisotopic (exact) mass is 282 g/mol. The van der Waals surface area contributed by atoms with E-state index < -0.39 is 11.7 Å². The first-order valence-corrected chi connectivity index (χ1v) is 6.37. The summed E-state index contributed by atoms with van der Waals surface area (Å²) in [4.78, 5) is 16.3. The number of ether oxygens (including phenoxy) is 1. The third-order valence-corrected chi connectivity index (χ3v) is 2.55. The number of nitrogens with one attached hydrogen (secondary N) is 1. The highest BCUT2D eigenvalue weighted by molar-refractivity contribution is 5.85. The van der Waals surface area contributed by atoms with E-state index in [2.05, 4.69) is 10.2 Å². The first kappa shape index (κ1) is 16.3. The number of amides is 1. The number of aromatic hydroxyl groups is 1. The highest BCUT2D eigenvalue weighted by atomic mass is 16.6. The predicted octanol–water partition coefficient (Wildman–Crippen LogP) is 2.73. The summed E-state index contributed by atoms with van der Waals surface area (Å²) in [6.07, 6.45) is -0.545. The van der Waals surface area contributed by atoms with Crippen LogP contribution in [-0.2, 0) is 9.57 Å². The maximum atomic E-state index is 11.7. The zero-order chi connectivity index (χ0) is 15.3. The van der Waals surface area contributed by atoms with Crippen LogP contribution in [0, 0.1) is 0 Å². The second kappa shape index (κ2) is 6.58. The zero-order valence-corrected chi connectivity index (χ0v) is 12.3. The molecule has 0 radical (unpaired) electrons. The first-order valence-electron chi connectivity index (χ1n) is 6.37. The lowest BCUT2D eigenvalue weighted by Crippen LogP contribution is -2.27. The van der Waals surface area contributed by atoms with Gasteiger partial charge >= 0.3 is 6.09 Å². The number of hydrogen-bond donors (Lipinski definition) is 3. The second-order valence-corrected chi connectivity index (χ2v) is 5.63. The van der Waals surface area contributed by atoms with Crippen LogP contribution in [0.15, 0.2) is 18.2 Å². The SMILES string of the molecule is CC(CON)c1cc(NC(=O)OC(C)(C)C)ccc1O. The van der Waals surface area contributed by atoms with Crippen molar-refractivity contribution in [3.8, 4) is 5.75 Å². The Bertz CT molecular complexity index is 469. The van der Waals surface area contributed by atoms with E-state index in [4.69, 9.17) is 10.6 Å². The van der Waals surface area contributed by atoms with Gasteiger partial charge in [-0.1, -0.05) is 6.92 Å². The number of benzene rings is 1. The molecule has 0 saturated heterocycles. The lowest BCUT2D eigenvalue weighted by Gasteiger charge is -2.20. The lowest BCUT2D eigenvalue weighted by atomic mass is 10.0. The quantitative estimate of drug-likeness (QED) is 0.583. The summed E-state index contributed by atoms with van der Waals surface area (Å²) in [5.41, 5.74) is 0.616. The van der Waals surface area contributed by atoms with E-state index in [1.54, 1.807) is 32.9 Å². The molecule has 1 aromatic rings. The summed E-state index contributed by atoms with van der Waals surface area (Å²) in [5, 5.41) is 12.4. The molecule has 0 heterocycles. The van der Waals surface area contributed by atoms with Crippen molar-refractivity contribution in [2.45, 2.75) is 39.2 Å². The summed E-state index contributed by atoms with van der Waals surface area (Å²) in [6, 6.07) is 4.77. The molecule has 4 N–H and O–H groups in total. The Balaban J connectivity index is 2.82. The van der Waals surface area contributed by atoms with Gasteiger partial charge in [0.1, 0.15) is 11.4 Å². The van der Waals surface area contributed by atoms with Crippen molar-refractivity contribution < 1.29 is 19.5 Å². The molecule has 1 amide bonds. The van der Waals surface area contributed by atoms with Gasteiger partial charge < -0.3 is 14.7 Å². The van der Waals surface area contributed by atoms with Gasteiger partial charge in [0, 0.05) is 17.2 Å². The summed E-state index contributed by atoms with van der Waals surface area (Å²) in [5.74, 6) is 5.07. The fourth-order valence-electron chi connectivity index (χ4n) is 1.68. The molecule has 0 bridgehead atoms. The number of hydrogen-bond acceptors (Lipinski definition) is 5. The fourth-order valence-corrected chi connectivity index (χ4v) is 1.68. The second-order valence-electron chi connectivity index (χ2n) is 5.63. The molecule has 0 fully saturated rings. The summed E-state index contributed by atoms with van der Waals surface area (Å²) >= 11 is 0. The highest BCUT2D eigenvalue weighted by Gasteiger charge is 2.17. The van der Waals surface area contributed by atoms with Crippen molar-refractivity contribution in [1.82, 2.24) is 0 Å². The van der Waals surface area contributed by atoms with Gasteiger partial charge in [-0.15, -0.1) is 0 Å². The minimum Gasteiger partial charge on any atom is -0.508 e. The molecular weight excluding hydrogens is 260 g/mol. The van der Waals surface area contributed by atoms with E-state index in [1.807, 2.05) is 6.92 Å². The number of anilines is 1. The standard InChI is InChI=1S/C14H22N2O4/c1-9(8-19-15)11-7-10(5-6-12(11)17)16-13(18)20-14(2,3)4/h5-7,9,17H,8,15H2,1-4H3,(H,16,18). The molecule has 6 heteroatoms. The van der Waals surface area contributed by atoms with Crippen molar-refractivity contribution in [1.29, 1.82) is 0 Å². The van der Waals surface area contributed by atoms with E-state index in [0.717, 1.165) is 0 Å². The van der Waals surface area contributed by atoms with Crippen LogP contribution in [0.1, 0.15) is 39.2 Å². The van der Waals surface area contributed by atoms with Crippen LogP contribution in [0.5, 0.6) is 5.75 Å². The van der Waals surface area contributed by atoms with Crippen molar-refractivity contribution >= 4 is 11.8 Å². The van der Waals surface area contributed by atoms with Crippen LogP contribution >= 0.6 is 0 Å². The number of carbonyl (C=O) groups is 1. The van der Waals surface area contributed by atoms with Crippen molar-refractivity contribution in [2.75, 3.05) is 11.9 Å². The number of phenolic OH excluding ortho intramolecular Hbond substituents is 1. The molecular formula is C14H22N2O4. The largest absolute Gasteiger partial charge is 0.508 e. The third-order valence-electron chi connectivity index (χ3n) is 2.55. The average molecular weight is 282 g/mol. The molecule has 0 aromatic heterocycles. The Morgan fingerprint density at radius 1 is 1.45 bits per heavy atom. The molecule has 0 saturated carbocycles. The molecule has 0 spiro atoms. The molecule has 20 heavy (non-hydrogen) atoms. The van der Waals surface area contributed by atoms with Crippen molar-refractivity contribution in [3.05, 3.63) is 23.8 Å². The average Bonchev–Trinajstić information content (AvgIpc) is 2.29. The van der Waals surface area contributed by atoms with Crippen LogP contribution in [0.25, 0.3) is 0 Å². The van der Waals surface area contributed by atoms with E-state index in [9.17, 15) is 9.90 Å². The van der Waals surface area contributed by atoms with Gasteiger partial charge in [-0.2, -0.15) is 0 Å². The third kappa shape index (κ3) is 5.07. The Morgan fingerprint density at radius 3 is 2.65 bits per heavy atom. The minimum absolute atomic E-state index is 0.0969. The number of phenols is 1. The van der Waals surface area contributed by atoms with Gasteiger partial charge in [-0.3, -0.25) is 5.32 Å². The normalized spacial score (nSPS) is 12.8. The Labute approximate surface area is 118 Å². The Kier molecular flexibility index (Phi) is 5.35. The van der Waals surface area contributed by atoms with E-state index in [1.165, 1.54) is 6.07 Å².